The molecule has 4 rings (SSSR count). The van der Waals surface area contributed by atoms with Crippen LogP contribution in [0.3, 0.4) is 0 Å². The average molecular weight is 438 g/mol. The summed E-state index contributed by atoms with van der Waals surface area (Å²) < 4.78 is 5.53. The van der Waals surface area contributed by atoms with Gasteiger partial charge in [0.25, 0.3) is 5.91 Å². The number of benzene rings is 4. The van der Waals surface area contributed by atoms with Gasteiger partial charge >= 0.3 is 5.97 Å². The molecular weight excluding hydrogens is 421 g/mol. The van der Waals surface area contributed by atoms with Crippen molar-refractivity contribution in [2.75, 3.05) is 5.32 Å². The lowest BCUT2D eigenvalue weighted by Crippen LogP contribution is -2.30. The molecule has 0 aliphatic heterocycles. The number of rotatable bonds is 4. The number of hydrogen-bond acceptors (Lipinski definition) is 3. The molecule has 0 saturated carbocycles. The van der Waals surface area contributed by atoms with Gasteiger partial charge < -0.3 is 10.1 Å². The maximum absolute atomic E-state index is 13.1. The van der Waals surface area contributed by atoms with Crippen LogP contribution in [0.25, 0.3) is 21.5 Å². The molecule has 6 heteroatoms. The molecule has 0 saturated heterocycles. The van der Waals surface area contributed by atoms with E-state index in [9.17, 15) is 9.59 Å². The lowest BCUT2D eigenvalue weighted by Gasteiger charge is -2.16. The van der Waals surface area contributed by atoms with Gasteiger partial charge in [-0.3, -0.25) is 4.79 Å². The van der Waals surface area contributed by atoms with Gasteiger partial charge in [-0.15, -0.1) is 0 Å². The van der Waals surface area contributed by atoms with Crippen LogP contribution in [0.2, 0.25) is 10.0 Å². The first kappa shape index (κ1) is 20.2. The number of carbonyl (C=O) groups is 2. The fourth-order valence-electron chi connectivity index (χ4n) is 3.33. The van der Waals surface area contributed by atoms with Crippen LogP contribution in [0.5, 0.6) is 0 Å². The van der Waals surface area contributed by atoms with Gasteiger partial charge in [0.1, 0.15) is 0 Å². The Kier molecular flexibility index (Phi) is 5.62. The molecule has 1 N–H and O–H groups in total. The van der Waals surface area contributed by atoms with E-state index in [1.165, 1.54) is 13.0 Å². The van der Waals surface area contributed by atoms with Crippen LogP contribution in [0.4, 0.5) is 5.69 Å². The van der Waals surface area contributed by atoms with Crippen molar-refractivity contribution in [3.05, 3.63) is 88.4 Å². The maximum Gasteiger partial charge on any atom is 0.340 e. The van der Waals surface area contributed by atoms with E-state index in [-0.39, 0.29) is 0 Å². The van der Waals surface area contributed by atoms with E-state index in [0.717, 1.165) is 21.5 Å². The van der Waals surface area contributed by atoms with E-state index < -0.39 is 18.0 Å². The molecule has 0 aliphatic rings. The van der Waals surface area contributed by atoms with Crippen LogP contribution in [0, 0.1) is 0 Å². The molecule has 1 atom stereocenters. The summed E-state index contributed by atoms with van der Waals surface area (Å²) in [5, 5.41) is 6.81. The predicted molar refractivity (Wildman–Crippen MR) is 121 cm³/mol. The number of esters is 1. The van der Waals surface area contributed by atoms with Crippen LogP contribution in [0.1, 0.15) is 17.3 Å². The standard InChI is InChI=1S/C24H17Cl2NO3/c1-14(23(28)27-21-11-10-17(25)13-20(21)26)30-24(29)22-18-8-4-2-6-15(18)12-16-7-3-5-9-19(16)22/h2-14H,1H3,(H,27,28). The van der Waals surface area contributed by atoms with Crippen LogP contribution in [-0.2, 0) is 9.53 Å². The highest BCUT2D eigenvalue weighted by Crippen LogP contribution is 2.30. The Bertz CT molecular complexity index is 1230. The van der Waals surface area contributed by atoms with Crippen molar-refractivity contribution in [1.82, 2.24) is 0 Å². The van der Waals surface area contributed by atoms with Crippen molar-refractivity contribution in [3.8, 4) is 0 Å². The number of hydrogen-bond donors (Lipinski definition) is 1. The minimum absolute atomic E-state index is 0.300. The summed E-state index contributed by atoms with van der Waals surface area (Å²) in [4.78, 5) is 25.7. The number of carbonyl (C=O) groups excluding carboxylic acids is 2. The molecule has 0 aliphatic carbocycles. The highest BCUT2D eigenvalue weighted by Gasteiger charge is 2.23. The van der Waals surface area contributed by atoms with Crippen LogP contribution < -0.4 is 5.32 Å². The first-order chi connectivity index (χ1) is 14.4. The van der Waals surface area contributed by atoms with Gasteiger partial charge in [-0.25, -0.2) is 4.79 Å². The minimum Gasteiger partial charge on any atom is -0.449 e. The van der Waals surface area contributed by atoms with Gasteiger partial charge in [-0.2, -0.15) is 0 Å². The van der Waals surface area contributed by atoms with Crippen molar-refractivity contribution in [2.24, 2.45) is 0 Å². The van der Waals surface area contributed by atoms with E-state index >= 15 is 0 Å². The maximum atomic E-state index is 13.1. The van der Waals surface area contributed by atoms with E-state index in [2.05, 4.69) is 5.32 Å². The van der Waals surface area contributed by atoms with Crippen molar-refractivity contribution in [1.29, 1.82) is 0 Å². The minimum atomic E-state index is -1.03. The summed E-state index contributed by atoms with van der Waals surface area (Å²) in [6.07, 6.45) is -1.03. The second kappa shape index (κ2) is 8.34. The van der Waals surface area contributed by atoms with Gasteiger partial charge in [-0.05, 0) is 52.7 Å². The number of anilines is 1. The zero-order chi connectivity index (χ0) is 21.3. The van der Waals surface area contributed by atoms with Gasteiger partial charge in [0.2, 0.25) is 0 Å². The number of amides is 1. The summed E-state index contributed by atoms with van der Waals surface area (Å²) >= 11 is 12.0. The third kappa shape index (κ3) is 3.97. The van der Waals surface area contributed by atoms with Crippen molar-refractivity contribution in [2.45, 2.75) is 13.0 Å². The van der Waals surface area contributed by atoms with Gasteiger partial charge in [-0.1, -0.05) is 71.7 Å². The number of fused-ring (bicyclic) bond motifs is 2. The molecule has 1 unspecified atom stereocenters. The third-order valence-electron chi connectivity index (χ3n) is 4.82. The van der Waals surface area contributed by atoms with E-state index in [1.54, 1.807) is 12.1 Å². The molecule has 4 aromatic rings. The first-order valence-corrected chi connectivity index (χ1v) is 10.1. The van der Waals surface area contributed by atoms with Gasteiger partial charge in [0.05, 0.1) is 16.3 Å². The summed E-state index contributed by atoms with van der Waals surface area (Å²) in [6, 6.07) is 22.0. The molecule has 0 radical (unpaired) electrons. The summed E-state index contributed by atoms with van der Waals surface area (Å²) in [7, 11) is 0. The fourth-order valence-corrected chi connectivity index (χ4v) is 3.79. The SMILES string of the molecule is CC(OC(=O)c1c2ccccc2cc2ccccc12)C(=O)Nc1ccc(Cl)cc1Cl. The predicted octanol–water partition coefficient (Wildman–Crippen LogP) is 6.48. The van der Waals surface area contributed by atoms with E-state index in [4.69, 9.17) is 27.9 Å². The number of nitrogens with one attached hydrogen (secondary N) is 1. The summed E-state index contributed by atoms with van der Waals surface area (Å²) in [5.74, 6) is -1.05. The monoisotopic (exact) mass is 437 g/mol. The Hall–Kier alpha value is -3.08. The lowest BCUT2D eigenvalue weighted by molar-refractivity contribution is -0.123. The second-order valence-electron chi connectivity index (χ2n) is 6.85. The largest absolute Gasteiger partial charge is 0.449 e. The van der Waals surface area contributed by atoms with Crippen molar-refractivity contribution >= 4 is 62.3 Å². The molecule has 150 valence electrons. The van der Waals surface area contributed by atoms with Gasteiger partial charge in [0.15, 0.2) is 6.10 Å². The molecule has 0 heterocycles. The molecule has 4 nitrogen and oxygen atoms in total. The Balaban J connectivity index is 1.63. The third-order valence-corrected chi connectivity index (χ3v) is 5.37. The van der Waals surface area contributed by atoms with Crippen molar-refractivity contribution < 1.29 is 14.3 Å². The average Bonchev–Trinajstić information content (AvgIpc) is 2.73. The first-order valence-electron chi connectivity index (χ1n) is 9.31. The fraction of sp³-hybridized carbons (Fsp3) is 0.0833. The van der Waals surface area contributed by atoms with Crippen LogP contribution >= 0.6 is 23.2 Å². The molecule has 0 spiro atoms. The quantitative estimate of drug-likeness (QED) is 0.293. The topological polar surface area (TPSA) is 55.4 Å². The molecular formula is C24H17Cl2NO3. The molecule has 0 bridgehead atoms. The molecule has 30 heavy (non-hydrogen) atoms. The number of halogens is 2. The molecule has 4 aromatic carbocycles. The van der Waals surface area contributed by atoms with E-state index in [0.29, 0.717) is 21.3 Å². The summed E-state index contributed by atoms with van der Waals surface area (Å²) in [5.41, 5.74) is 0.831. The Morgan fingerprint density at radius 2 is 1.47 bits per heavy atom. The lowest BCUT2D eigenvalue weighted by atomic mass is 9.97. The van der Waals surface area contributed by atoms with Crippen LogP contribution in [-0.4, -0.2) is 18.0 Å². The van der Waals surface area contributed by atoms with E-state index in [1.807, 2.05) is 54.6 Å². The Labute approximate surface area is 183 Å². The Morgan fingerprint density at radius 1 is 0.867 bits per heavy atom. The highest BCUT2D eigenvalue weighted by atomic mass is 35.5. The normalized spacial score (nSPS) is 12.0. The second-order valence-corrected chi connectivity index (χ2v) is 7.70. The van der Waals surface area contributed by atoms with Gasteiger partial charge in [0, 0.05) is 5.02 Å². The molecule has 1 amide bonds. The zero-order valence-corrected chi connectivity index (χ0v) is 17.5. The smallest absolute Gasteiger partial charge is 0.340 e. The molecule has 0 fully saturated rings. The highest BCUT2D eigenvalue weighted by molar-refractivity contribution is 6.36. The van der Waals surface area contributed by atoms with Crippen LogP contribution in [0.15, 0.2) is 72.8 Å². The van der Waals surface area contributed by atoms with Crippen molar-refractivity contribution in [3.63, 3.8) is 0 Å². The Morgan fingerprint density at radius 3 is 2.07 bits per heavy atom. The molecule has 0 aromatic heterocycles. The number of ether oxygens (including phenoxy) is 1. The summed E-state index contributed by atoms with van der Waals surface area (Å²) in [6.45, 7) is 1.52. The zero-order valence-electron chi connectivity index (χ0n) is 16.0.